The molecule has 25 heteroatoms. The van der Waals surface area contributed by atoms with E-state index in [0.29, 0.717) is 22.7 Å². The predicted molar refractivity (Wildman–Crippen MR) is 232 cm³/mol. The molecule has 0 heterocycles. The van der Waals surface area contributed by atoms with E-state index in [1.165, 1.54) is 51.7 Å². The Morgan fingerprint density at radius 2 is 1.04 bits per heavy atom. The van der Waals surface area contributed by atoms with Crippen LogP contribution < -0.4 is 30.7 Å². The minimum atomic E-state index is -0.746. The maximum atomic E-state index is 11.1. The summed E-state index contributed by atoms with van der Waals surface area (Å²) in [5.74, 6) is 0. The van der Waals surface area contributed by atoms with Crippen molar-refractivity contribution in [1.29, 1.82) is 0 Å². The number of carbonyl (C=O) groups excluding carboxylic acids is 3. The first-order valence-corrected chi connectivity index (χ1v) is 28.3. The van der Waals surface area contributed by atoms with Gasteiger partial charge >= 0.3 is 83.1 Å². The molecule has 3 N–H and O–H groups in total. The van der Waals surface area contributed by atoms with Crippen LogP contribution in [-0.2, 0) is 19.1 Å². The first kappa shape index (κ1) is 50.8. The van der Waals surface area contributed by atoms with Gasteiger partial charge in [-0.3, -0.25) is 46.3 Å². The second-order valence-corrected chi connectivity index (χ2v) is 46.0. The molecule has 3 aromatic carbocycles. The van der Waals surface area contributed by atoms with E-state index in [4.69, 9.17) is 0 Å². The van der Waals surface area contributed by atoms with Gasteiger partial charge in [0.1, 0.15) is 11.4 Å². The number of benzene rings is 3. The van der Waals surface area contributed by atoms with Crippen molar-refractivity contribution in [1.82, 2.24) is 0 Å². The van der Waals surface area contributed by atoms with Crippen LogP contribution in [0.2, 0.25) is 0 Å². The molecular weight excluding hydrogens is 1110 g/mol. The van der Waals surface area contributed by atoms with Crippen LogP contribution in [0.4, 0.5) is 65.6 Å². The summed E-state index contributed by atoms with van der Waals surface area (Å²) in [4.78, 5) is 68.7. The summed E-state index contributed by atoms with van der Waals surface area (Å²) in [6.45, 7) is 0. The van der Waals surface area contributed by atoms with Crippen LogP contribution in [0, 0.1) is 30.3 Å². The van der Waals surface area contributed by atoms with Gasteiger partial charge in [-0.2, -0.15) is 0 Å². The maximum absolute atomic E-state index is 11.1. The number of rotatable bonds is 9. The van der Waals surface area contributed by atoms with Crippen molar-refractivity contribution < 1.29 is 48.3 Å². The van der Waals surface area contributed by atoms with Crippen LogP contribution in [0.1, 0.15) is 0 Å². The molecule has 0 saturated heterocycles. The number of amides is 3. The Balaban J connectivity index is 0.000000757. The standard InChI is InChI=1S/3C10H13N3O4.3HI.V/c1-12(2)9-5-4-7(13(15)16)6-8(9)11-10(14)17-3;1-12(2)7-4-5-9(13(15)16)8(6-7)11-10(14)17-3;1-12(2)8-5-4-7(11-10(14)17-3)6-9(8)13(15)16;;;;/h3*4-6H,1-3H3,(H,11,14);3*1H;/q;;;;;;+3/p-3. The van der Waals surface area contributed by atoms with E-state index in [2.05, 4.69) is 90.1 Å². The van der Waals surface area contributed by atoms with E-state index in [1.807, 2.05) is 0 Å². The summed E-state index contributed by atoms with van der Waals surface area (Å²) < 4.78 is 13.3. The number of hydrogen-bond acceptors (Lipinski definition) is 15. The molecule has 0 saturated carbocycles. The average molecular weight is 1150 g/mol. The van der Waals surface area contributed by atoms with Crippen molar-refractivity contribution in [3.8, 4) is 0 Å². The van der Waals surface area contributed by atoms with Gasteiger partial charge in [-0.15, -0.1) is 0 Å². The van der Waals surface area contributed by atoms with Crippen LogP contribution in [0.3, 0.4) is 0 Å². The number of hydrogen-bond donors (Lipinski definition) is 3. The Labute approximate surface area is 353 Å². The minimum absolute atomic E-state index is 0.0797. The molecule has 0 radical (unpaired) electrons. The zero-order chi connectivity index (χ0) is 42.6. The fourth-order valence-electron chi connectivity index (χ4n) is 3.81. The fraction of sp³-hybridized carbons (Fsp3) is 0.300. The molecule has 0 aliphatic carbocycles. The van der Waals surface area contributed by atoms with E-state index in [0.717, 1.165) is 5.69 Å². The van der Waals surface area contributed by atoms with Gasteiger partial charge in [0.05, 0.1) is 53.2 Å². The third-order valence-electron chi connectivity index (χ3n) is 6.30. The summed E-state index contributed by atoms with van der Waals surface area (Å²) >= 11 is 7.39. The molecule has 3 aromatic rings. The number of anilines is 6. The van der Waals surface area contributed by atoms with Gasteiger partial charge in [-0.1, -0.05) is 0 Å². The van der Waals surface area contributed by atoms with Crippen molar-refractivity contribution in [2.24, 2.45) is 0 Å². The Morgan fingerprint density at radius 3 is 1.45 bits per heavy atom. The van der Waals surface area contributed by atoms with Gasteiger partial charge in [0, 0.05) is 72.2 Å². The van der Waals surface area contributed by atoms with Gasteiger partial charge in [-0.25, -0.2) is 14.4 Å². The first-order chi connectivity index (χ1) is 25.6. The Kier molecular flexibility index (Phi) is 23.9. The van der Waals surface area contributed by atoms with Crippen molar-refractivity contribution in [2.45, 2.75) is 0 Å². The summed E-state index contributed by atoms with van der Waals surface area (Å²) in [5.41, 5.74) is 2.25. The number of nitrogens with one attached hydrogen (secondary N) is 3. The average Bonchev–Trinajstić information content (AvgIpc) is 3.11. The van der Waals surface area contributed by atoms with Gasteiger partial charge in [0.25, 0.3) is 17.1 Å². The van der Waals surface area contributed by atoms with Gasteiger partial charge in [-0.05, 0) is 30.3 Å². The molecule has 55 heavy (non-hydrogen) atoms. The molecule has 3 rings (SSSR count). The number of carbonyl (C=O) groups is 3. The van der Waals surface area contributed by atoms with Crippen LogP contribution in [0.15, 0.2) is 54.6 Å². The number of halogens is 3. The zero-order valence-corrected chi connectivity index (χ0v) is 38.7. The second-order valence-electron chi connectivity index (χ2n) is 10.6. The Bertz CT molecular complexity index is 1800. The van der Waals surface area contributed by atoms with E-state index in [1.54, 1.807) is 81.3 Å². The number of non-ortho nitro benzene ring substituents is 1. The van der Waals surface area contributed by atoms with Crippen molar-refractivity contribution in [3.05, 3.63) is 84.9 Å². The summed E-state index contributed by atoms with van der Waals surface area (Å²) in [6, 6.07) is 13.1. The number of nitrogens with zero attached hydrogens (tertiary/aromatic N) is 6. The second kappa shape index (κ2) is 25.8. The molecule has 0 bridgehead atoms. The van der Waals surface area contributed by atoms with Crippen molar-refractivity contribution in [2.75, 3.05) is 94.3 Å². The summed E-state index contributed by atoms with van der Waals surface area (Å²) in [7, 11) is 14.2. The molecular formula is C30H39I3N9O12V. The zero-order valence-electron chi connectivity index (χ0n) is 30.9. The molecule has 0 aromatic heterocycles. The van der Waals surface area contributed by atoms with Gasteiger partial charge in [0.2, 0.25) is 0 Å². The number of nitro groups is 3. The summed E-state index contributed by atoms with van der Waals surface area (Å²) in [5, 5.41) is 39.4. The molecule has 3 amide bonds. The molecule has 0 aliphatic heterocycles. The predicted octanol–water partition coefficient (Wildman–Crippen LogP) is 8.17. The molecule has 302 valence electrons. The number of nitro benzene ring substituents is 3. The van der Waals surface area contributed by atoms with Gasteiger partial charge < -0.3 is 28.9 Å². The Hall–Kier alpha value is -4.16. The van der Waals surface area contributed by atoms with Crippen LogP contribution in [0.25, 0.3) is 0 Å². The van der Waals surface area contributed by atoms with Crippen molar-refractivity contribution in [3.63, 3.8) is 0 Å². The van der Waals surface area contributed by atoms with Crippen LogP contribution >= 0.6 is 59.9 Å². The molecule has 0 spiro atoms. The van der Waals surface area contributed by atoms with E-state index in [-0.39, 0.29) is 27.7 Å². The SMILES string of the molecule is COC(=O)Nc1cc(N(C)C)ccc1[N+](=O)[O-].COC(=O)Nc1cc([N+](=O)[O-])ccc1N(C)C.COC(=O)Nc1ccc(N(C)C)c([N+](=O)[O-])c1.[I][V]([I])[I]. The fourth-order valence-corrected chi connectivity index (χ4v) is 3.81. The van der Waals surface area contributed by atoms with Crippen molar-refractivity contribution >= 4 is 129 Å². The number of ether oxygens (including phenoxy) is 3. The van der Waals surface area contributed by atoms with Crippen LogP contribution in [0.5, 0.6) is 0 Å². The normalized spacial score (nSPS) is 9.55. The Morgan fingerprint density at radius 1 is 0.582 bits per heavy atom. The molecule has 0 aliphatic rings. The van der Waals surface area contributed by atoms with E-state index >= 15 is 0 Å². The monoisotopic (exact) mass is 1150 g/mol. The third-order valence-corrected chi connectivity index (χ3v) is 6.30. The quantitative estimate of drug-likeness (QED) is 0.0790. The molecule has 21 nitrogen and oxygen atoms in total. The summed E-state index contributed by atoms with van der Waals surface area (Å²) in [6.07, 6.45) is -2.09. The first-order valence-electron chi connectivity index (χ1n) is 14.8. The van der Waals surface area contributed by atoms with E-state index < -0.39 is 33.0 Å². The van der Waals surface area contributed by atoms with Gasteiger partial charge in [0.15, 0.2) is 0 Å². The topological polar surface area (TPSA) is 254 Å². The molecule has 0 atom stereocenters. The molecule has 0 fully saturated rings. The van der Waals surface area contributed by atoms with Crippen LogP contribution in [-0.4, -0.2) is 96.7 Å². The molecule has 0 unspecified atom stereocenters. The number of methoxy groups -OCH3 is 3. The van der Waals surface area contributed by atoms with E-state index in [9.17, 15) is 44.7 Å². The third kappa shape index (κ3) is 19.3.